The molecule has 1 aromatic heterocycles. The summed E-state index contributed by atoms with van der Waals surface area (Å²) >= 11 is 0. The Morgan fingerprint density at radius 3 is 2.26 bits per heavy atom. The average molecular weight is 361 g/mol. The van der Waals surface area contributed by atoms with Gasteiger partial charge in [-0.25, -0.2) is 4.98 Å². The van der Waals surface area contributed by atoms with Gasteiger partial charge in [0.1, 0.15) is 11.6 Å². The van der Waals surface area contributed by atoms with E-state index in [0.717, 1.165) is 43.4 Å². The minimum atomic E-state index is 0.600. The zero-order valence-corrected chi connectivity index (χ0v) is 15.4. The molecular formula is C21H23N5O. The van der Waals surface area contributed by atoms with Gasteiger partial charge in [-0.15, -0.1) is 0 Å². The molecule has 0 amide bonds. The van der Waals surface area contributed by atoms with Crippen LogP contribution in [0.15, 0.2) is 66.9 Å². The van der Waals surface area contributed by atoms with E-state index in [0.29, 0.717) is 5.95 Å². The fourth-order valence-electron chi connectivity index (χ4n) is 3.22. The second kappa shape index (κ2) is 7.95. The molecule has 0 bridgehead atoms. The minimum Gasteiger partial charge on any atom is -0.497 e. The van der Waals surface area contributed by atoms with Crippen molar-refractivity contribution in [3.8, 4) is 5.75 Å². The van der Waals surface area contributed by atoms with Crippen LogP contribution in [0.1, 0.15) is 0 Å². The fourth-order valence-corrected chi connectivity index (χ4v) is 3.22. The van der Waals surface area contributed by atoms with Gasteiger partial charge in [0.2, 0.25) is 5.95 Å². The molecule has 1 fully saturated rings. The first kappa shape index (κ1) is 17.1. The van der Waals surface area contributed by atoms with Crippen LogP contribution in [0.25, 0.3) is 0 Å². The van der Waals surface area contributed by atoms with Gasteiger partial charge in [-0.05, 0) is 42.5 Å². The first-order valence-electron chi connectivity index (χ1n) is 9.11. The highest BCUT2D eigenvalue weighted by atomic mass is 16.5. The summed E-state index contributed by atoms with van der Waals surface area (Å²) in [7, 11) is 1.66. The van der Waals surface area contributed by atoms with Crippen LogP contribution in [0.5, 0.6) is 5.75 Å². The van der Waals surface area contributed by atoms with Crippen LogP contribution >= 0.6 is 0 Å². The van der Waals surface area contributed by atoms with Crippen molar-refractivity contribution in [2.24, 2.45) is 0 Å². The zero-order valence-electron chi connectivity index (χ0n) is 15.4. The molecule has 0 spiro atoms. The molecule has 0 radical (unpaired) electrons. The molecule has 0 aliphatic carbocycles. The van der Waals surface area contributed by atoms with Crippen molar-refractivity contribution in [3.63, 3.8) is 0 Å². The summed E-state index contributed by atoms with van der Waals surface area (Å²) in [5.74, 6) is 2.38. The van der Waals surface area contributed by atoms with Gasteiger partial charge in [0.15, 0.2) is 0 Å². The van der Waals surface area contributed by atoms with E-state index in [2.05, 4.69) is 55.4 Å². The molecule has 4 rings (SSSR count). The van der Waals surface area contributed by atoms with E-state index >= 15 is 0 Å². The van der Waals surface area contributed by atoms with Gasteiger partial charge in [-0.3, -0.25) is 0 Å². The predicted octanol–water partition coefficient (Wildman–Crippen LogP) is 3.56. The number of aromatic nitrogens is 2. The summed E-state index contributed by atoms with van der Waals surface area (Å²) in [5.41, 5.74) is 2.21. The number of ether oxygens (including phenoxy) is 1. The van der Waals surface area contributed by atoms with Crippen LogP contribution in [-0.2, 0) is 0 Å². The van der Waals surface area contributed by atoms with Gasteiger partial charge < -0.3 is 19.9 Å². The molecule has 2 heterocycles. The third kappa shape index (κ3) is 4.11. The van der Waals surface area contributed by atoms with Gasteiger partial charge in [-0.1, -0.05) is 18.2 Å². The molecule has 6 nitrogen and oxygen atoms in total. The molecule has 27 heavy (non-hydrogen) atoms. The van der Waals surface area contributed by atoms with E-state index in [1.807, 2.05) is 30.3 Å². The standard InChI is InChI=1S/C21H23N5O/c1-27-19-9-7-17(8-10-19)23-21-22-12-11-20(24-21)26-15-13-25(14-16-26)18-5-3-2-4-6-18/h2-12H,13-16H2,1H3,(H,22,23,24). The topological polar surface area (TPSA) is 53.5 Å². The summed E-state index contributed by atoms with van der Waals surface area (Å²) in [6.07, 6.45) is 1.80. The van der Waals surface area contributed by atoms with Crippen LogP contribution in [0.3, 0.4) is 0 Å². The van der Waals surface area contributed by atoms with Crippen LogP contribution in [0, 0.1) is 0 Å². The number of hydrogen-bond donors (Lipinski definition) is 1. The lowest BCUT2D eigenvalue weighted by Gasteiger charge is -2.36. The van der Waals surface area contributed by atoms with E-state index < -0.39 is 0 Å². The Kier molecular flexibility index (Phi) is 5.05. The Morgan fingerprint density at radius 1 is 0.852 bits per heavy atom. The third-order valence-corrected chi connectivity index (χ3v) is 4.71. The van der Waals surface area contributed by atoms with E-state index in [1.165, 1.54) is 5.69 Å². The molecule has 1 aliphatic heterocycles. The molecule has 0 atom stereocenters. The number of nitrogens with zero attached hydrogens (tertiary/aromatic N) is 4. The SMILES string of the molecule is COc1ccc(Nc2nccc(N3CCN(c4ccccc4)CC3)n2)cc1. The third-order valence-electron chi connectivity index (χ3n) is 4.71. The number of nitrogens with one attached hydrogen (secondary N) is 1. The monoisotopic (exact) mass is 361 g/mol. The summed E-state index contributed by atoms with van der Waals surface area (Å²) in [6, 6.07) is 20.3. The molecule has 1 aliphatic rings. The van der Waals surface area contributed by atoms with Crippen LogP contribution in [0.2, 0.25) is 0 Å². The maximum atomic E-state index is 5.19. The summed E-state index contributed by atoms with van der Waals surface area (Å²) in [5, 5.41) is 3.25. The molecule has 1 N–H and O–H groups in total. The Morgan fingerprint density at radius 2 is 1.56 bits per heavy atom. The van der Waals surface area contributed by atoms with Crippen molar-refractivity contribution >= 4 is 23.1 Å². The van der Waals surface area contributed by atoms with Crippen molar-refractivity contribution in [2.45, 2.75) is 0 Å². The van der Waals surface area contributed by atoms with Gasteiger partial charge >= 0.3 is 0 Å². The van der Waals surface area contributed by atoms with Gasteiger partial charge in [0.05, 0.1) is 7.11 Å². The molecule has 0 unspecified atom stereocenters. The smallest absolute Gasteiger partial charge is 0.229 e. The Balaban J connectivity index is 1.40. The number of methoxy groups -OCH3 is 1. The van der Waals surface area contributed by atoms with Crippen LogP contribution in [0.4, 0.5) is 23.1 Å². The molecule has 1 saturated heterocycles. The predicted molar refractivity (Wildman–Crippen MR) is 109 cm³/mol. The normalized spacial score (nSPS) is 14.1. The van der Waals surface area contributed by atoms with Crippen molar-refractivity contribution in [3.05, 3.63) is 66.9 Å². The summed E-state index contributed by atoms with van der Waals surface area (Å²) < 4.78 is 5.19. The molecule has 2 aromatic carbocycles. The first-order chi connectivity index (χ1) is 13.3. The molecule has 138 valence electrons. The zero-order chi connectivity index (χ0) is 18.5. The van der Waals surface area contributed by atoms with E-state index in [-0.39, 0.29) is 0 Å². The van der Waals surface area contributed by atoms with E-state index in [9.17, 15) is 0 Å². The lowest BCUT2D eigenvalue weighted by atomic mass is 10.2. The second-order valence-corrected chi connectivity index (χ2v) is 6.40. The molecule has 3 aromatic rings. The maximum absolute atomic E-state index is 5.19. The molecule has 0 saturated carbocycles. The van der Waals surface area contributed by atoms with E-state index in [4.69, 9.17) is 4.74 Å². The number of para-hydroxylation sites is 1. The van der Waals surface area contributed by atoms with Gasteiger partial charge in [0.25, 0.3) is 0 Å². The maximum Gasteiger partial charge on any atom is 0.229 e. The summed E-state index contributed by atoms with van der Waals surface area (Å²) in [4.78, 5) is 13.7. The highest BCUT2D eigenvalue weighted by Gasteiger charge is 2.18. The largest absolute Gasteiger partial charge is 0.497 e. The first-order valence-corrected chi connectivity index (χ1v) is 9.11. The highest BCUT2D eigenvalue weighted by Crippen LogP contribution is 2.21. The lowest BCUT2D eigenvalue weighted by Crippen LogP contribution is -2.46. The van der Waals surface area contributed by atoms with Gasteiger partial charge in [-0.2, -0.15) is 4.98 Å². The highest BCUT2D eigenvalue weighted by molar-refractivity contribution is 5.56. The Bertz CT molecular complexity index is 861. The number of hydrogen-bond acceptors (Lipinski definition) is 6. The Hall–Kier alpha value is -3.28. The van der Waals surface area contributed by atoms with Crippen molar-refractivity contribution in [2.75, 3.05) is 48.4 Å². The molecule has 6 heteroatoms. The lowest BCUT2D eigenvalue weighted by molar-refractivity contribution is 0.415. The van der Waals surface area contributed by atoms with Gasteiger partial charge in [0, 0.05) is 43.8 Å². The second-order valence-electron chi connectivity index (χ2n) is 6.40. The van der Waals surface area contributed by atoms with Crippen molar-refractivity contribution < 1.29 is 4.74 Å². The summed E-state index contributed by atoms with van der Waals surface area (Å²) in [6.45, 7) is 3.84. The molecular weight excluding hydrogens is 338 g/mol. The van der Waals surface area contributed by atoms with Crippen LogP contribution in [-0.4, -0.2) is 43.3 Å². The fraction of sp³-hybridized carbons (Fsp3) is 0.238. The van der Waals surface area contributed by atoms with Crippen molar-refractivity contribution in [1.82, 2.24) is 9.97 Å². The Labute approximate surface area is 159 Å². The number of benzene rings is 2. The minimum absolute atomic E-state index is 0.600. The number of anilines is 4. The number of rotatable bonds is 5. The quantitative estimate of drug-likeness (QED) is 0.750. The van der Waals surface area contributed by atoms with E-state index in [1.54, 1.807) is 13.3 Å². The number of piperazine rings is 1. The average Bonchev–Trinajstić information content (AvgIpc) is 2.75. The van der Waals surface area contributed by atoms with Crippen LogP contribution < -0.4 is 19.9 Å². The van der Waals surface area contributed by atoms with Crippen molar-refractivity contribution in [1.29, 1.82) is 0 Å².